The summed E-state index contributed by atoms with van der Waals surface area (Å²) in [7, 11) is 0. The van der Waals surface area contributed by atoms with Crippen LogP contribution in [0.15, 0.2) is 53.0 Å². The highest BCUT2D eigenvalue weighted by atomic mass is 79.9. The van der Waals surface area contributed by atoms with Crippen LogP contribution in [0.5, 0.6) is 0 Å². The Kier molecular flexibility index (Phi) is 5.03. The minimum atomic E-state index is 0.304. The van der Waals surface area contributed by atoms with E-state index in [9.17, 15) is 0 Å². The molecule has 0 saturated heterocycles. The molecule has 3 heteroatoms. The van der Waals surface area contributed by atoms with Crippen LogP contribution in [0, 0.1) is 0 Å². The highest BCUT2D eigenvalue weighted by Crippen LogP contribution is 2.33. The predicted octanol–water partition coefficient (Wildman–Crippen LogP) is 4.95. The number of halogens is 2. The van der Waals surface area contributed by atoms with E-state index in [2.05, 4.69) is 53.2 Å². The van der Waals surface area contributed by atoms with Crippen molar-refractivity contribution in [2.45, 2.75) is 18.8 Å². The first-order valence-electron chi connectivity index (χ1n) is 6.33. The molecule has 0 aliphatic heterocycles. The molecule has 2 N–H and O–H groups in total. The summed E-state index contributed by atoms with van der Waals surface area (Å²) in [5.74, 6) is 0.662. The Morgan fingerprint density at radius 3 is 2.37 bits per heavy atom. The van der Waals surface area contributed by atoms with Gasteiger partial charge in [-0.05, 0) is 47.9 Å². The minimum absolute atomic E-state index is 0.304. The maximum Gasteiger partial charge on any atom is 0.0406 e. The van der Waals surface area contributed by atoms with E-state index in [-0.39, 0.29) is 0 Å². The van der Waals surface area contributed by atoms with Crippen molar-refractivity contribution < 1.29 is 0 Å². The molecule has 0 aliphatic rings. The van der Waals surface area contributed by atoms with Gasteiger partial charge in [0.2, 0.25) is 0 Å². The second kappa shape index (κ2) is 6.56. The van der Waals surface area contributed by atoms with Crippen molar-refractivity contribution >= 4 is 27.5 Å². The van der Waals surface area contributed by atoms with Crippen molar-refractivity contribution in [2.24, 2.45) is 5.73 Å². The first kappa shape index (κ1) is 14.6. The molecule has 0 radical (unpaired) electrons. The summed E-state index contributed by atoms with van der Waals surface area (Å²) >= 11 is 9.45. The lowest BCUT2D eigenvalue weighted by Crippen LogP contribution is -2.18. The van der Waals surface area contributed by atoms with Crippen LogP contribution in [-0.4, -0.2) is 6.54 Å². The van der Waals surface area contributed by atoms with E-state index in [0.29, 0.717) is 18.4 Å². The van der Waals surface area contributed by atoms with Gasteiger partial charge in [0, 0.05) is 15.4 Å². The van der Waals surface area contributed by atoms with Crippen molar-refractivity contribution in [2.75, 3.05) is 6.54 Å². The average Bonchev–Trinajstić information content (AvgIpc) is 2.40. The molecule has 0 aromatic heterocycles. The van der Waals surface area contributed by atoms with Gasteiger partial charge in [-0.25, -0.2) is 0 Å². The molecule has 0 fully saturated rings. The van der Waals surface area contributed by atoms with Crippen LogP contribution in [0.25, 0.3) is 0 Å². The van der Waals surface area contributed by atoms with Gasteiger partial charge in [-0.1, -0.05) is 58.7 Å². The van der Waals surface area contributed by atoms with E-state index >= 15 is 0 Å². The molecule has 2 unspecified atom stereocenters. The van der Waals surface area contributed by atoms with E-state index in [1.165, 1.54) is 11.1 Å². The van der Waals surface area contributed by atoms with Crippen LogP contribution in [-0.2, 0) is 0 Å². The summed E-state index contributed by atoms with van der Waals surface area (Å²) in [5.41, 5.74) is 8.51. The number of hydrogen-bond acceptors (Lipinski definition) is 1. The minimum Gasteiger partial charge on any atom is -0.330 e. The van der Waals surface area contributed by atoms with E-state index in [1.54, 1.807) is 0 Å². The molecule has 0 saturated carbocycles. The van der Waals surface area contributed by atoms with Crippen LogP contribution in [0.3, 0.4) is 0 Å². The Hall–Kier alpha value is -0.830. The van der Waals surface area contributed by atoms with Crippen LogP contribution in [0.1, 0.15) is 29.9 Å². The first-order valence-corrected chi connectivity index (χ1v) is 7.50. The van der Waals surface area contributed by atoms with Crippen LogP contribution >= 0.6 is 27.5 Å². The summed E-state index contributed by atoms with van der Waals surface area (Å²) in [6, 6.07) is 16.4. The largest absolute Gasteiger partial charge is 0.330 e. The highest BCUT2D eigenvalue weighted by Gasteiger charge is 2.19. The third-order valence-electron chi connectivity index (χ3n) is 3.53. The van der Waals surface area contributed by atoms with Gasteiger partial charge in [-0.15, -0.1) is 0 Å². The summed E-state index contributed by atoms with van der Waals surface area (Å²) in [5, 5.41) is 0.766. The van der Waals surface area contributed by atoms with E-state index in [4.69, 9.17) is 17.3 Å². The number of benzene rings is 2. The third-order valence-corrected chi connectivity index (χ3v) is 4.28. The molecule has 0 bridgehead atoms. The summed E-state index contributed by atoms with van der Waals surface area (Å²) in [6.45, 7) is 2.84. The van der Waals surface area contributed by atoms with Gasteiger partial charge in [0.05, 0.1) is 0 Å². The number of nitrogens with two attached hydrogens (primary N) is 1. The molecule has 0 heterocycles. The predicted molar refractivity (Wildman–Crippen MR) is 85.8 cm³/mol. The number of rotatable bonds is 4. The molecule has 2 atom stereocenters. The maximum absolute atomic E-state index is 5.98. The van der Waals surface area contributed by atoms with E-state index in [0.717, 1.165) is 9.50 Å². The topological polar surface area (TPSA) is 26.0 Å². The zero-order chi connectivity index (χ0) is 13.8. The second-order valence-corrected chi connectivity index (χ2v) is 6.09. The lowest BCUT2D eigenvalue weighted by Gasteiger charge is -2.23. The van der Waals surface area contributed by atoms with Crippen LogP contribution < -0.4 is 5.73 Å². The quantitative estimate of drug-likeness (QED) is 0.838. The van der Waals surface area contributed by atoms with Crippen molar-refractivity contribution in [1.82, 2.24) is 0 Å². The van der Waals surface area contributed by atoms with Gasteiger partial charge in [0.1, 0.15) is 0 Å². The standard InChI is InChI=1S/C16H17BrClN/c1-11(12-5-7-15(18)8-6-12)16(10-19)13-3-2-4-14(17)9-13/h2-9,11,16H,10,19H2,1H3. The van der Waals surface area contributed by atoms with E-state index in [1.807, 2.05) is 18.2 Å². The Labute approximate surface area is 127 Å². The smallest absolute Gasteiger partial charge is 0.0406 e. The molecule has 2 rings (SSSR count). The molecule has 0 amide bonds. The molecule has 19 heavy (non-hydrogen) atoms. The lowest BCUT2D eigenvalue weighted by atomic mass is 9.83. The van der Waals surface area contributed by atoms with Crippen molar-refractivity contribution in [3.63, 3.8) is 0 Å². The van der Waals surface area contributed by atoms with Gasteiger partial charge in [-0.2, -0.15) is 0 Å². The van der Waals surface area contributed by atoms with Gasteiger partial charge in [-0.3, -0.25) is 0 Å². The average molecular weight is 339 g/mol. The van der Waals surface area contributed by atoms with Gasteiger partial charge in [0.15, 0.2) is 0 Å². The summed E-state index contributed by atoms with van der Waals surface area (Å²) in [4.78, 5) is 0. The summed E-state index contributed by atoms with van der Waals surface area (Å²) in [6.07, 6.45) is 0. The fraction of sp³-hybridized carbons (Fsp3) is 0.250. The highest BCUT2D eigenvalue weighted by molar-refractivity contribution is 9.10. The van der Waals surface area contributed by atoms with E-state index < -0.39 is 0 Å². The van der Waals surface area contributed by atoms with Crippen LogP contribution in [0.4, 0.5) is 0 Å². The molecule has 2 aromatic rings. The van der Waals surface area contributed by atoms with Crippen molar-refractivity contribution in [1.29, 1.82) is 0 Å². The number of hydrogen-bond donors (Lipinski definition) is 1. The Balaban J connectivity index is 2.28. The first-order chi connectivity index (χ1) is 9.11. The monoisotopic (exact) mass is 337 g/mol. The van der Waals surface area contributed by atoms with Crippen molar-refractivity contribution in [3.8, 4) is 0 Å². The molecular formula is C16H17BrClN. The second-order valence-electron chi connectivity index (χ2n) is 4.74. The summed E-state index contributed by atoms with van der Waals surface area (Å²) < 4.78 is 1.09. The lowest BCUT2D eigenvalue weighted by molar-refractivity contribution is 0.584. The Morgan fingerprint density at radius 1 is 1.11 bits per heavy atom. The maximum atomic E-state index is 5.98. The molecule has 100 valence electrons. The molecule has 2 aromatic carbocycles. The van der Waals surface area contributed by atoms with Crippen LogP contribution in [0.2, 0.25) is 5.02 Å². The zero-order valence-electron chi connectivity index (χ0n) is 10.8. The molecular weight excluding hydrogens is 322 g/mol. The molecule has 1 nitrogen and oxygen atoms in total. The Bertz CT molecular complexity index is 539. The van der Waals surface area contributed by atoms with Gasteiger partial charge in [0.25, 0.3) is 0 Å². The zero-order valence-corrected chi connectivity index (χ0v) is 13.2. The third kappa shape index (κ3) is 3.59. The molecule has 0 spiro atoms. The fourth-order valence-electron chi connectivity index (χ4n) is 2.36. The molecule has 0 aliphatic carbocycles. The van der Waals surface area contributed by atoms with Crippen molar-refractivity contribution in [3.05, 3.63) is 69.2 Å². The van der Waals surface area contributed by atoms with Gasteiger partial charge >= 0.3 is 0 Å². The SMILES string of the molecule is CC(c1ccc(Cl)cc1)C(CN)c1cccc(Br)c1. The van der Waals surface area contributed by atoms with Gasteiger partial charge < -0.3 is 5.73 Å². The fourth-order valence-corrected chi connectivity index (χ4v) is 2.91. The normalized spacial score (nSPS) is 14.1. The Morgan fingerprint density at radius 2 is 1.79 bits per heavy atom.